The third kappa shape index (κ3) is 3.77. The largest absolute Gasteiger partial charge is 0.493 e. The fourth-order valence-electron chi connectivity index (χ4n) is 3.76. The Morgan fingerprint density at radius 2 is 1.26 bits per heavy atom. The minimum Gasteiger partial charge on any atom is -0.493 e. The normalized spacial score (nSPS) is 12.7. The van der Waals surface area contributed by atoms with E-state index >= 15 is 0 Å². The number of methoxy groups -OCH3 is 4. The van der Waals surface area contributed by atoms with Crippen molar-refractivity contribution in [2.45, 2.75) is 0 Å². The first-order valence-corrected chi connectivity index (χ1v) is 9.70. The lowest BCUT2D eigenvalue weighted by atomic mass is 9.87. The van der Waals surface area contributed by atoms with Crippen molar-refractivity contribution in [1.82, 2.24) is 0 Å². The Morgan fingerprint density at radius 3 is 1.90 bits per heavy atom. The zero-order valence-corrected chi connectivity index (χ0v) is 17.8. The highest BCUT2D eigenvalue weighted by Gasteiger charge is 2.26. The van der Waals surface area contributed by atoms with Gasteiger partial charge in [-0.15, -0.1) is 0 Å². The zero-order chi connectivity index (χ0) is 22.0. The maximum atomic E-state index is 13.6. The summed E-state index contributed by atoms with van der Waals surface area (Å²) in [6.07, 6.45) is 0. The van der Waals surface area contributed by atoms with Crippen LogP contribution in [0.25, 0.3) is 11.1 Å². The number of halogens is 1. The van der Waals surface area contributed by atoms with Crippen molar-refractivity contribution in [3.8, 4) is 28.7 Å². The van der Waals surface area contributed by atoms with Crippen LogP contribution in [0.15, 0.2) is 54.6 Å². The fraction of sp³-hybridized carbons (Fsp3) is 0.200. The van der Waals surface area contributed by atoms with Crippen LogP contribution in [-0.4, -0.2) is 35.0 Å². The summed E-state index contributed by atoms with van der Waals surface area (Å²) in [4.78, 5) is 0. The first-order chi connectivity index (χ1) is 15.1. The number of hydrogen-bond acceptors (Lipinski definition) is 5. The van der Waals surface area contributed by atoms with Crippen LogP contribution in [0.1, 0.15) is 16.7 Å². The molecule has 0 spiro atoms. The molecule has 6 heteroatoms. The molecule has 0 aromatic heterocycles. The van der Waals surface area contributed by atoms with Crippen LogP contribution in [0.4, 0.5) is 4.39 Å². The number of benzene rings is 3. The summed E-state index contributed by atoms with van der Waals surface area (Å²) in [5.74, 6) is 2.80. The van der Waals surface area contributed by atoms with Crippen molar-refractivity contribution in [2.75, 3.05) is 35.0 Å². The second-order valence-electron chi connectivity index (χ2n) is 6.92. The van der Waals surface area contributed by atoms with Gasteiger partial charge in [-0.05, 0) is 41.5 Å². The van der Waals surface area contributed by atoms with Gasteiger partial charge in [0, 0.05) is 22.8 Å². The van der Waals surface area contributed by atoms with E-state index in [1.807, 2.05) is 30.3 Å². The standard InChI is InChI=1S/C25H23FO5/c1-27-20-10-7-16(11-22(20)28-2)25-18-12-23(29-3)24(30-4)13-21(18)31-14-19(25)15-5-8-17(26)9-6-15/h5-13H,14H2,1-4H3. The van der Waals surface area contributed by atoms with E-state index in [0.717, 1.165) is 27.8 Å². The molecule has 0 aliphatic carbocycles. The smallest absolute Gasteiger partial charge is 0.164 e. The number of rotatable bonds is 6. The lowest BCUT2D eigenvalue weighted by Crippen LogP contribution is -2.12. The molecule has 0 N–H and O–H groups in total. The van der Waals surface area contributed by atoms with Crippen LogP contribution in [0.5, 0.6) is 28.7 Å². The fourth-order valence-corrected chi connectivity index (χ4v) is 3.76. The lowest BCUT2D eigenvalue weighted by Gasteiger charge is -2.26. The Bertz CT molecular complexity index is 1140. The van der Waals surface area contributed by atoms with Crippen LogP contribution in [-0.2, 0) is 0 Å². The Kier molecular flexibility index (Phi) is 5.71. The molecule has 0 radical (unpaired) electrons. The van der Waals surface area contributed by atoms with E-state index < -0.39 is 0 Å². The van der Waals surface area contributed by atoms with Crippen molar-refractivity contribution in [2.24, 2.45) is 0 Å². The van der Waals surface area contributed by atoms with Gasteiger partial charge in [-0.1, -0.05) is 18.2 Å². The molecule has 3 aromatic carbocycles. The lowest BCUT2D eigenvalue weighted by molar-refractivity contribution is 0.339. The highest BCUT2D eigenvalue weighted by molar-refractivity contribution is 6.02. The van der Waals surface area contributed by atoms with Gasteiger partial charge in [-0.3, -0.25) is 0 Å². The number of ether oxygens (including phenoxy) is 5. The average Bonchev–Trinajstić information content (AvgIpc) is 2.82. The summed E-state index contributed by atoms with van der Waals surface area (Å²) in [6.45, 7) is 0.317. The van der Waals surface area contributed by atoms with Crippen molar-refractivity contribution in [1.29, 1.82) is 0 Å². The maximum absolute atomic E-state index is 13.6. The van der Waals surface area contributed by atoms with Crippen molar-refractivity contribution < 1.29 is 28.1 Å². The quantitative estimate of drug-likeness (QED) is 0.546. The van der Waals surface area contributed by atoms with Crippen LogP contribution in [0.2, 0.25) is 0 Å². The molecule has 3 aromatic rings. The SMILES string of the molecule is COc1ccc(C2=C(c3ccc(F)cc3)COc3cc(OC)c(OC)cc32)cc1OC. The summed E-state index contributed by atoms with van der Waals surface area (Å²) in [7, 11) is 6.38. The molecular formula is C25H23FO5. The molecule has 0 atom stereocenters. The molecule has 0 bridgehead atoms. The Balaban J connectivity index is 2.00. The van der Waals surface area contributed by atoms with Gasteiger partial charge >= 0.3 is 0 Å². The molecule has 1 aliphatic rings. The molecule has 0 saturated heterocycles. The van der Waals surface area contributed by atoms with Gasteiger partial charge in [0.15, 0.2) is 23.0 Å². The van der Waals surface area contributed by atoms with E-state index in [1.165, 1.54) is 12.1 Å². The van der Waals surface area contributed by atoms with Gasteiger partial charge < -0.3 is 23.7 Å². The van der Waals surface area contributed by atoms with E-state index in [-0.39, 0.29) is 5.82 Å². The van der Waals surface area contributed by atoms with Gasteiger partial charge in [0.25, 0.3) is 0 Å². The van der Waals surface area contributed by atoms with E-state index in [0.29, 0.717) is 35.4 Å². The average molecular weight is 422 g/mol. The van der Waals surface area contributed by atoms with E-state index in [1.54, 1.807) is 40.6 Å². The topological polar surface area (TPSA) is 46.2 Å². The summed E-state index contributed by atoms with van der Waals surface area (Å²) in [5.41, 5.74) is 4.48. The summed E-state index contributed by atoms with van der Waals surface area (Å²) in [5, 5.41) is 0. The van der Waals surface area contributed by atoms with Crippen LogP contribution >= 0.6 is 0 Å². The maximum Gasteiger partial charge on any atom is 0.164 e. The Morgan fingerprint density at radius 1 is 0.677 bits per heavy atom. The second kappa shape index (κ2) is 8.60. The van der Waals surface area contributed by atoms with Crippen LogP contribution < -0.4 is 23.7 Å². The molecule has 0 fully saturated rings. The van der Waals surface area contributed by atoms with Crippen LogP contribution in [0, 0.1) is 5.82 Å². The summed E-state index contributed by atoms with van der Waals surface area (Å²) >= 11 is 0. The predicted octanol–water partition coefficient (Wildman–Crippen LogP) is 5.21. The zero-order valence-electron chi connectivity index (χ0n) is 17.8. The predicted molar refractivity (Wildman–Crippen MR) is 117 cm³/mol. The number of hydrogen-bond donors (Lipinski definition) is 0. The van der Waals surface area contributed by atoms with Crippen molar-refractivity contribution in [3.05, 3.63) is 77.1 Å². The van der Waals surface area contributed by atoms with Gasteiger partial charge in [0.1, 0.15) is 18.2 Å². The van der Waals surface area contributed by atoms with E-state index in [2.05, 4.69) is 0 Å². The first-order valence-electron chi connectivity index (χ1n) is 9.70. The summed E-state index contributed by atoms with van der Waals surface area (Å²) < 4.78 is 41.5. The molecule has 0 amide bonds. The van der Waals surface area contributed by atoms with Gasteiger partial charge in [-0.2, -0.15) is 0 Å². The van der Waals surface area contributed by atoms with E-state index in [9.17, 15) is 4.39 Å². The van der Waals surface area contributed by atoms with Gasteiger partial charge in [0.2, 0.25) is 0 Å². The number of fused-ring (bicyclic) bond motifs is 1. The monoisotopic (exact) mass is 422 g/mol. The van der Waals surface area contributed by atoms with Crippen molar-refractivity contribution in [3.63, 3.8) is 0 Å². The molecule has 4 rings (SSSR count). The second-order valence-corrected chi connectivity index (χ2v) is 6.92. The highest BCUT2D eigenvalue weighted by Crippen LogP contribution is 2.46. The molecule has 1 heterocycles. The minimum atomic E-state index is -0.291. The van der Waals surface area contributed by atoms with Crippen molar-refractivity contribution >= 4 is 11.1 Å². The third-order valence-corrected chi connectivity index (χ3v) is 5.29. The van der Waals surface area contributed by atoms with E-state index in [4.69, 9.17) is 23.7 Å². The van der Waals surface area contributed by atoms with Gasteiger partial charge in [0.05, 0.1) is 28.4 Å². The minimum absolute atomic E-state index is 0.291. The molecule has 5 nitrogen and oxygen atoms in total. The summed E-state index contributed by atoms with van der Waals surface area (Å²) in [6, 6.07) is 15.8. The molecule has 1 aliphatic heterocycles. The third-order valence-electron chi connectivity index (χ3n) is 5.29. The molecule has 0 saturated carbocycles. The highest BCUT2D eigenvalue weighted by atomic mass is 19.1. The Hall–Kier alpha value is -3.67. The molecular weight excluding hydrogens is 399 g/mol. The molecule has 0 unspecified atom stereocenters. The Labute approximate surface area is 180 Å². The van der Waals surface area contributed by atoms with Crippen LogP contribution in [0.3, 0.4) is 0 Å². The first kappa shape index (κ1) is 20.6. The molecule has 31 heavy (non-hydrogen) atoms. The van der Waals surface area contributed by atoms with Gasteiger partial charge in [-0.25, -0.2) is 4.39 Å². The molecule has 160 valence electrons.